The van der Waals surface area contributed by atoms with Crippen LogP contribution in [0, 0.1) is 6.92 Å². The molecule has 2 heterocycles. The maximum atomic E-state index is 11.5. The summed E-state index contributed by atoms with van der Waals surface area (Å²) in [6, 6.07) is 0. The van der Waals surface area contributed by atoms with Crippen LogP contribution in [0.2, 0.25) is 0 Å². The predicted molar refractivity (Wildman–Crippen MR) is 43.9 cm³/mol. The molecule has 1 aromatic heterocycles. The summed E-state index contributed by atoms with van der Waals surface area (Å²) >= 11 is 0. The van der Waals surface area contributed by atoms with E-state index in [2.05, 4.69) is 14.9 Å². The van der Waals surface area contributed by atoms with Gasteiger partial charge in [-0.2, -0.15) is 0 Å². The van der Waals surface area contributed by atoms with Gasteiger partial charge in [-0.3, -0.25) is 4.79 Å². The first-order valence-corrected chi connectivity index (χ1v) is 4.33. The smallest absolute Gasteiger partial charge is 0.228 e. The maximum absolute atomic E-state index is 11.5. The molecule has 1 fully saturated rings. The normalized spacial score (nSPS) is 15.6. The first kappa shape index (κ1) is 8.22. The number of carbonyl (C=O) groups excluding carboxylic acids is 1. The highest BCUT2D eigenvalue weighted by atomic mass is 16.6. The van der Waals surface area contributed by atoms with Gasteiger partial charge < -0.3 is 4.90 Å². The molecule has 0 atom stereocenters. The summed E-state index contributed by atoms with van der Waals surface area (Å²) in [5, 5.41) is 7.28. The van der Waals surface area contributed by atoms with E-state index in [1.807, 2.05) is 4.90 Å². The van der Waals surface area contributed by atoms with E-state index >= 15 is 0 Å². The second kappa shape index (κ2) is 3.16. The zero-order valence-electron chi connectivity index (χ0n) is 7.49. The molecule has 13 heavy (non-hydrogen) atoms. The highest BCUT2D eigenvalue weighted by Gasteiger charge is 2.22. The largest absolute Gasteiger partial charge is 0.342 e. The van der Waals surface area contributed by atoms with E-state index in [1.165, 1.54) is 0 Å². The Balaban J connectivity index is 1.97. The summed E-state index contributed by atoms with van der Waals surface area (Å²) in [5.41, 5.74) is 1.35. The lowest BCUT2D eigenvalue weighted by molar-refractivity contribution is -0.133. The number of hydrogen-bond donors (Lipinski definition) is 0. The number of aryl methyl sites for hydroxylation is 1. The molecular formula is C8H11N3O2. The van der Waals surface area contributed by atoms with Crippen molar-refractivity contribution < 1.29 is 9.42 Å². The Morgan fingerprint density at radius 3 is 2.77 bits per heavy atom. The molecule has 1 amide bonds. The van der Waals surface area contributed by atoms with Crippen LogP contribution in [0.15, 0.2) is 4.63 Å². The van der Waals surface area contributed by atoms with Crippen LogP contribution in [0.25, 0.3) is 0 Å². The zero-order chi connectivity index (χ0) is 9.26. The van der Waals surface area contributed by atoms with Gasteiger partial charge in [0.1, 0.15) is 11.4 Å². The van der Waals surface area contributed by atoms with Crippen molar-refractivity contribution in [2.45, 2.75) is 19.8 Å². The number of aromatic nitrogens is 2. The van der Waals surface area contributed by atoms with Crippen molar-refractivity contribution >= 4 is 5.91 Å². The second-order valence-corrected chi connectivity index (χ2v) is 3.21. The third-order valence-electron chi connectivity index (χ3n) is 2.27. The lowest BCUT2D eigenvalue weighted by atomic mass is 10.1. The Morgan fingerprint density at radius 2 is 2.31 bits per heavy atom. The van der Waals surface area contributed by atoms with Crippen LogP contribution in [0.1, 0.15) is 17.8 Å². The minimum absolute atomic E-state index is 0.116. The van der Waals surface area contributed by atoms with Gasteiger partial charge in [0.05, 0.1) is 6.42 Å². The van der Waals surface area contributed by atoms with Crippen LogP contribution in [-0.2, 0) is 11.2 Å². The second-order valence-electron chi connectivity index (χ2n) is 3.21. The molecule has 1 aromatic rings. The molecule has 0 bridgehead atoms. The summed E-state index contributed by atoms with van der Waals surface area (Å²) in [4.78, 5) is 13.3. The van der Waals surface area contributed by atoms with Crippen molar-refractivity contribution in [1.82, 2.24) is 15.2 Å². The van der Waals surface area contributed by atoms with Gasteiger partial charge in [0, 0.05) is 13.1 Å². The number of rotatable bonds is 2. The third-order valence-corrected chi connectivity index (χ3v) is 2.27. The van der Waals surface area contributed by atoms with Gasteiger partial charge in [0.2, 0.25) is 5.91 Å². The predicted octanol–water partition coefficient (Wildman–Crippen LogP) is 0.153. The van der Waals surface area contributed by atoms with Crippen molar-refractivity contribution in [2.24, 2.45) is 0 Å². The van der Waals surface area contributed by atoms with Crippen LogP contribution in [0.5, 0.6) is 0 Å². The van der Waals surface area contributed by atoms with Crippen molar-refractivity contribution in [3.8, 4) is 0 Å². The Hall–Kier alpha value is -1.39. The van der Waals surface area contributed by atoms with E-state index in [0.29, 0.717) is 17.8 Å². The summed E-state index contributed by atoms with van der Waals surface area (Å²) in [6.07, 6.45) is 1.43. The Kier molecular flexibility index (Phi) is 2.00. The molecule has 2 rings (SSSR count). The van der Waals surface area contributed by atoms with Crippen molar-refractivity contribution in [3.05, 3.63) is 11.4 Å². The third kappa shape index (κ3) is 1.54. The summed E-state index contributed by atoms with van der Waals surface area (Å²) in [7, 11) is 0. The van der Waals surface area contributed by atoms with E-state index in [4.69, 9.17) is 0 Å². The quantitative estimate of drug-likeness (QED) is 0.651. The number of hydrogen-bond acceptors (Lipinski definition) is 4. The molecule has 1 saturated heterocycles. The lowest BCUT2D eigenvalue weighted by Crippen LogP contribution is -2.42. The number of likely N-dealkylation sites (tertiary alicyclic amines) is 1. The van der Waals surface area contributed by atoms with E-state index in [-0.39, 0.29) is 5.91 Å². The Bertz CT molecular complexity index is 317. The minimum Gasteiger partial charge on any atom is -0.342 e. The van der Waals surface area contributed by atoms with Crippen molar-refractivity contribution in [3.63, 3.8) is 0 Å². The SMILES string of the molecule is Cc1nonc1CC(=O)N1CCC1. The molecule has 0 aromatic carbocycles. The standard InChI is InChI=1S/C8H11N3O2/c1-6-7(10-13-9-6)5-8(12)11-3-2-4-11/h2-5H2,1H3. The molecule has 0 spiro atoms. The Labute approximate surface area is 75.7 Å². The van der Waals surface area contributed by atoms with Gasteiger partial charge in [-0.25, -0.2) is 4.63 Å². The lowest BCUT2D eigenvalue weighted by Gasteiger charge is -2.30. The molecule has 0 N–H and O–H groups in total. The molecule has 70 valence electrons. The summed E-state index contributed by atoms with van der Waals surface area (Å²) < 4.78 is 4.51. The van der Waals surface area contributed by atoms with E-state index < -0.39 is 0 Å². The van der Waals surface area contributed by atoms with Crippen LogP contribution < -0.4 is 0 Å². The molecule has 0 radical (unpaired) electrons. The fourth-order valence-electron chi connectivity index (χ4n) is 1.23. The monoisotopic (exact) mass is 181 g/mol. The van der Waals surface area contributed by atoms with Gasteiger partial charge in [0.25, 0.3) is 0 Å². The average Bonchev–Trinajstić information content (AvgIpc) is 2.32. The fourth-order valence-corrected chi connectivity index (χ4v) is 1.23. The first-order chi connectivity index (χ1) is 6.27. The molecule has 0 saturated carbocycles. The van der Waals surface area contributed by atoms with Gasteiger partial charge in [-0.05, 0) is 13.3 Å². The van der Waals surface area contributed by atoms with Crippen molar-refractivity contribution in [1.29, 1.82) is 0 Å². The molecule has 0 unspecified atom stereocenters. The van der Waals surface area contributed by atoms with Crippen molar-refractivity contribution in [2.75, 3.05) is 13.1 Å². The maximum Gasteiger partial charge on any atom is 0.228 e. The summed E-state index contributed by atoms with van der Waals surface area (Å²) in [6.45, 7) is 3.54. The van der Waals surface area contributed by atoms with E-state index in [0.717, 1.165) is 19.5 Å². The van der Waals surface area contributed by atoms with E-state index in [1.54, 1.807) is 6.92 Å². The molecular weight excluding hydrogens is 170 g/mol. The molecule has 0 aliphatic carbocycles. The average molecular weight is 181 g/mol. The van der Waals surface area contributed by atoms with Gasteiger partial charge in [-0.15, -0.1) is 0 Å². The van der Waals surface area contributed by atoms with Crippen LogP contribution in [0.3, 0.4) is 0 Å². The number of amides is 1. The minimum atomic E-state index is 0.116. The molecule has 5 heteroatoms. The van der Waals surface area contributed by atoms with Gasteiger partial charge >= 0.3 is 0 Å². The fraction of sp³-hybridized carbons (Fsp3) is 0.625. The van der Waals surface area contributed by atoms with Gasteiger partial charge in [0.15, 0.2) is 0 Å². The van der Waals surface area contributed by atoms with Crippen LogP contribution >= 0.6 is 0 Å². The van der Waals surface area contributed by atoms with Crippen LogP contribution in [0.4, 0.5) is 0 Å². The zero-order valence-corrected chi connectivity index (χ0v) is 7.49. The first-order valence-electron chi connectivity index (χ1n) is 4.33. The molecule has 5 nitrogen and oxygen atoms in total. The van der Waals surface area contributed by atoms with E-state index in [9.17, 15) is 4.79 Å². The van der Waals surface area contributed by atoms with Gasteiger partial charge in [-0.1, -0.05) is 10.3 Å². The highest BCUT2D eigenvalue weighted by molar-refractivity contribution is 5.79. The highest BCUT2D eigenvalue weighted by Crippen LogP contribution is 2.10. The number of nitrogens with zero attached hydrogens (tertiary/aromatic N) is 3. The molecule has 1 aliphatic rings. The topological polar surface area (TPSA) is 59.2 Å². The molecule has 1 aliphatic heterocycles. The summed E-state index contributed by atoms with van der Waals surface area (Å²) in [5.74, 6) is 0.116. The Morgan fingerprint density at radius 1 is 1.54 bits per heavy atom. The van der Waals surface area contributed by atoms with Crippen LogP contribution in [-0.4, -0.2) is 34.2 Å². The number of carbonyl (C=O) groups is 1.